The van der Waals surface area contributed by atoms with Gasteiger partial charge in [0.2, 0.25) is 10.0 Å². The van der Waals surface area contributed by atoms with Crippen molar-refractivity contribution in [3.63, 3.8) is 0 Å². The number of hydrogen-bond acceptors (Lipinski definition) is 5. The number of benzene rings is 1. The van der Waals surface area contributed by atoms with Crippen LogP contribution < -0.4 is 10.0 Å². The van der Waals surface area contributed by atoms with Gasteiger partial charge in [-0.15, -0.1) is 12.4 Å². The van der Waals surface area contributed by atoms with Crippen molar-refractivity contribution in [1.82, 2.24) is 10.0 Å². The Hall–Kier alpha value is -1.22. The van der Waals surface area contributed by atoms with Gasteiger partial charge in [0.05, 0.1) is 4.92 Å². The Morgan fingerprint density at radius 2 is 1.71 bits per heavy atom. The summed E-state index contributed by atoms with van der Waals surface area (Å²) >= 11 is 0. The zero-order chi connectivity index (χ0) is 16.8. The van der Waals surface area contributed by atoms with Crippen LogP contribution in [0.1, 0.15) is 36.8 Å². The average molecular weight is 376 g/mol. The van der Waals surface area contributed by atoms with Crippen molar-refractivity contribution >= 4 is 28.1 Å². The molecule has 0 amide bonds. The maximum absolute atomic E-state index is 12.7. The van der Waals surface area contributed by atoms with Crippen molar-refractivity contribution in [2.45, 2.75) is 62.6 Å². The molecule has 2 aliphatic rings. The van der Waals surface area contributed by atoms with E-state index in [-0.39, 0.29) is 29.0 Å². The Balaban J connectivity index is 0.00000208. The first-order valence-electron chi connectivity index (χ1n) is 7.80. The minimum atomic E-state index is -3.91. The van der Waals surface area contributed by atoms with E-state index in [0.717, 1.165) is 31.2 Å². The highest BCUT2D eigenvalue weighted by atomic mass is 35.5. The molecule has 2 atom stereocenters. The zero-order valence-corrected chi connectivity index (χ0v) is 15.2. The molecule has 0 saturated carbocycles. The monoisotopic (exact) mass is 375 g/mol. The van der Waals surface area contributed by atoms with E-state index in [1.54, 1.807) is 13.8 Å². The van der Waals surface area contributed by atoms with E-state index in [0.29, 0.717) is 17.6 Å². The molecule has 0 spiro atoms. The molecule has 24 heavy (non-hydrogen) atoms. The second-order valence-electron chi connectivity index (χ2n) is 6.59. The molecular formula is C15H22ClN3O4S. The predicted octanol–water partition coefficient (Wildman–Crippen LogP) is 2.19. The Morgan fingerprint density at radius 3 is 2.25 bits per heavy atom. The summed E-state index contributed by atoms with van der Waals surface area (Å²) < 4.78 is 28.1. The van der Waals surface area contributed by atoms with Crippen LogP contribution in [0.2, 0.25) is 0 Å². The van der Waals surface area contributed by atoms with Crippen molar-refractivity contribution < 1.29 is 13.3 Å². The van der Waals surface area contributed by atoms with Gasteiger partial charge in [0.1, 0.15) is 0 Å². The molecule has 1 aromatic rings. The molecule has 134 valence electrons. The molecule has 3 rings (SSSR count). The molecule has 0 aliphatic carbocycles. The van der Waals surface area contributed by atoms with Crippen LogP contribution in [0.5, 0.6) is 0 Å². The quantitative estimate of drug-likeness (QED) is 0.620. The van der Waals surface area contributed by atoms with Crippen LogP contribution in [0.4, 0.5) is 5.69 Å². The third-order valence-electron chi connectivity index (χ3n) is 4.86. The first-order chi connectivity index (χ1) is 10.8. The van der Waals surface area contributed by atoms with Gasteiger partial charge in [-0.05, 0) is 56.7 Å². The van der Waals surface area contributed by atoms with Gasteiger partial charge in [-0.3, -0.25) is 10.1 Å². The van der Waals surface area contributed by atoms with Gasteiger partial charge in [0, 0.05) is 24.2 Å². The fourth-order valence-electron chi connectivity index (χ4n) is 3.57. The van der Waals surface area contributed by atoms with Crippen LogP contribution in [-0.2, 0) is 10.0 Å². The number of fused-ring (bicyclic) bond motifs is 2. The summed E-state index contributed by atoms with van der Waals surface area (Å²) in [6, 6.07) is 3.24. The van der Waals surface area contributed by atoms with Crippen LogP contribution in [0.3, 0.4) is 0 Å². The van der Waals surface area contributed by atoms with Gasteiger partial charge >= 0.3 is 0 Å². The first kappa shape index (κ1) is 19.1. The summed E-state index contributed by atoms with van der Waals surface area (Å²) in [5.41, 5.74) is 1.06. The van der Waals surface area contributed by atoms with Crippen LogP contribution in [-0.4, -0.2) is 31.5 Å². The highest BCUT2D eigenvalue weighted by Gasteiger charge is 2.36. The normalized spacial score (nSPS) is 26.0. The highest BCUT2D eigenvalue weighted by Crippen LogP contribution is 2.30. The van der Waals surface area contributed by atoms with E-state index in [1.165, 1.54) is 12.1 Å². The SMILES string of the molecule is Cc1cc([N+](=O)[O-])c(S(=O)(=O)NC2CC3CCC(C2)N3)cc1C.Cl. The van der Waals surface area contributed by atoms with E-state index >= 15 is 0 Å². The minimum Gasteiger partial charge on any atom is -0.311 e. The van der Waals surface area contributed by atoms with Crippen molar-refractivity contribution in [3.8, 4) is 0 Å². The maximum atomic E-state index is 12.7. The molecule has 2 aliphatic heterocycles. The molecule has 1 aromatic carbocycles. The molecule has 7 nitrogen and oxygen atoms in total. The van der Waals surface area contributed by atoms with Gasteiger partial charge in [-0.2, -0.15) is 0 Å². The Labute approximate surface area is 147 Å². The number of nitro groups is 1. The predicted molar refractivity (Wildman–Crippen MR) is 93.1 cm³/mol. The molecule has 0 aromatic heterocycles. The Kier molecular flexibility index (Phi) is 5.54. The fourth-order valence-corrected chi connectivity index (χ4v) is 5.07. The summed E-state index contributed by atoms with van der Waals surface area (Å²) in [7, 11) is -3.91. The van der Waals surface area contributed by atoms with Gasteiger partial charge in [-0.1, -0.05) is 0 Å². The number of halogens is 1. The number of piperidine rings is 1. The number of aryl methyl sites for hydroxylation is 2. The van der Waals surface area contributed by atoms with E-state index in [2.05, 4.69) is 10.0 Å². The summed E-state index contributed by atoms with van der Waals surface area (Å²) in [6.07, 6.45) is 3.59. The lowest BCUT2D eigenvalue weighted by Gasteiger charge is -2.29. The third-order valence-corrected chi connectivity index (χ3v) is 6.41. The lowest BCUT2D eigenvalue weighted by atomic mass is 10.0. The average Bonchev–Trinajstić information content (AvgIpc) is 2.79. The first-order valence-corrected chi connectivity index (χ1v) is 9.28. The number of hydrogen-bond donors (Lipinski definition) is 2. The van der Waals surface area contributed by atoms with Crippen LogP contribution in [0, 0.1) is 24.0 Å². The maximum Gasteiger partial charge on any atom is 0.289 e. The van der Waals surface area contributed by atoms with E-state index in [1.807, 2.05) is 0 Å². The van der Waals surface area contributed by atoms with Crippen LogP contribution in [0.25, 0.3) is 0 Å². The van der Waals surface area contributed by atoms with Crippen LogP contribution >= 0.6 is 12.4 Å². The van der Waals surface area contributed by atoms with Crippen molar-refractivity contribution in [2.75, 3.05) is 0 Å². The Morgan fingerprint density at radius 1 is 1.17 bits per heavy atom. The third kappa shape index (κ3) is 3.72. The lowest BCUT2D eigenvalue weighted by Crippen LogP contribution is -2.48. The highest BCUT2D eigenvalue weighted by molar-refractivity contribution is 7.89. The van der Waals surface area contributed by atoms with Gasteiger partial charge in [0.25, 0.3) is 5.69 Å². The fraction of sp³-hybridized carbons (Fsp3) is 0.600. The minimum absolute atomic E-state index is 0. The van der Waals surface area contributed by atoms with Gasteiger partial charge in [0.15, 0.2) is 4.90 Å². The lowest BCUT2D eigenvalue weighted by molar-refractivity contribution is -0.387. The van der Waals surface area contributed by atoms with Crippen molar-refractivity contribution in [3.05, 3.63) is 33.4 Å². The summed E-state index contributed by atoms with van der Waals surface area (Å²) in [5, 5.41) is 14.7. The summed E-state index contributed by atoms with van der Waals surface area (Å²) in [4.78, 5) is 10.4. The smallest absolute Gasteiger partial charge is 0.289 e. The molecule has 2 unspecified atom stereocenters. The second-order valence-corrected chi connectivity index (χ2v) is 8.27. The van der Waals surface area contributed by atoms with E-state index < -0.39 is 14.9 Å². The number of nitro benzene ring substituents is 1. The van der Waals surface area contributed by atoms with Crippen LogP contribution in [0.15, 0.2) is 17.0 Å². The van der Waals surface area contributed by atoms with Gasteiger partial charge < -0.3 is 5.32 Å². The summed E-state index contributed by atoms with van der Waals surface area (Å²) in [5.74, 6) is 0. The molecule has 2 heterocycles. The topological polar surface area (TPSA) is 101 Å². The molecule has 2 fully saturated rings. The largest absolute Gasteiger partial charge is 0.311 e. The van der Waals surface area contributed by atoms with E-state index in [9.17, 15) is 18.5 Å². The number of nitrogens with zero attached hydrogens (tertiary/aromatic N) is 1. The zero-order valence-electron chi connectivity index (χ0n) is 13.6. The number of nitrogens with one attached hydrogen (secondary N) is 2. The van der Waals surface area contributed by atoms with Crippen molar-refractivity contribution in [2.24, 2.45) is 0 Å². The summed E-state index contributed by atoms with van der Waals surface area (Å²) in [6.45, 7) is 3.49. The molecule has 2 N–H and O–H groups in total. The number of sulfonamides is 1. The van der Waals surface area contributed by atoms with E-state index in [4.69, 9.17) is 0 Å². The second kappa shape index (κ2) is 6.95. The molecule has 0 radical (unpaired) electrons. The Bertz CT molecular complexity index is 741. The molecule has 2 saturated heterocycles. The molecule has 2 bridgehead atoms. The van der Waals surface area contributed by atoms with Gasteiger partial charge in [-0.25, -0.2) is 13.1 Å². The number of rotatable bonds is 4. The standard InChI is InChI=1S/C15H21N3O4S.ClH/c1-9-5-14(18(19)20)15(6-10(9)2)23(21,22)17-13-7-11-3-4-12(8-13)16-11;/h5-6,11-13,16-17H,3-4,7-8H2,1-2H3;1H. The molecular weight excluding hydrogens is 354 g/mol. The van der Waals surface area contributed by atoms with Crippen molar-refractivity contribution in [1.29, 1.82) is 0 Å². The molecule has 9 heteroatoms.